The second-order valence-electron chi connectivity index (χ2n) is 12.7. The van der Waals surface area contributed by atoms with E-state index in [9.17, 15) is 27.2 Å². The first kappa shape index (κ1) is 34.4. The molecule has 3 aromatic heterocycles. The third-order valence-corrected chi connectivity index (χ3v) is 10.4. The number of nitrogens with zero attached hydrogens (tertiary/aromatic N) is 4. The molecule has 0 aliphatic carbocycles. The van der Waals surface area contributed by atoms with E-state index in [0.717, 1.165) is 28.0 Å². The Kier molecular flexibility index (Phi) is 9.43. The number of nitrogens with one attached hydrogen (secondary N) is 1. The van der Waals surface area contributed by atoms with Gasteiger partial charge in [0, 0.05) is 22.5 Å². The molecule has 45 heavy (non-hydrogen) atoms. The van der Waals surface area contributed by atoms with Crippen LogP contribution in [-0.4, -0.2) is 43.2 Å². The number of fused-ring (bicyclic) bond motifs is 1. The Balaban J connectivity index is 1.93. The molecule has 10 nitrogen and oxygen atoms in total. The van der Waals surface area contributed by atoms with Gasteiger partial charge in [-0.2, -0.15) is 0 Å². The first-order chi connectivity index (χ1) is 20.7. The van der Waals surface area contributed by atoms with Crippen LogP contribution in [0.25, 0.3) is 22.4 Å². The van der Waals surface area contributed by atoms with E-state index in [0.29, 0.717) is 5.57 Å². The molecule has 0 fully saturated rings. The molecule has 0 aliphatic rings. The lowest BCUT2D eigenvalue weighted by Crippen LogP contribution is -2.39. The lowest BCUT2D eigenvalue weighted by atomic mass is 9.77. The van der Waals surface area contributed by atoms with Gasteiger partial charge in [0.2, 0.25) is 0 Å². The molecule has 3 heterocycles. The second-order valence-corrected chi connectivity index (χ2v) is 16.1. The van der Waals surface area contributed by atoms with Crippen molar-refractivity contribution in [2.45, 2.75) is 66.3 Å². The Hall–Kier alpha value is -3.51. The lowest BCUT2D eigenvalue weighted by molar-refractivity contribution is 0.346. The number of benzene rings is 1. The molecule has 4 aromatic rings. The molecule has 0 saturated carbocycles. The third kappa shape index (κ3) is 7.01. The molecule has 0 unspecified atom stereocenters. The van der Waals surface area contributed by atoms with Crippen molar-refractivity contribution in [3.8, 4) is 11.4 Å². The van der Waals surface area contributed by atoms with Gasteiger partial charge in [0.1, 0.15) is 5.82 Å². The largest absolute Gasteiger partial charge is 0.360 e. The summed E-state index contributed by atoms with van der Waals surface area (Å²) in [4.78, 5) is 33.2. The van der Waals surface area contributed by atoms with Gasteiger partial charge in [-0.1, -0.05) is 66.2 Å². The van der Waals surface area contributed by atoms with Gasteiger partial charge in [-0.15, -0.1) is 0 Å². The van der Waals surface area contributed by atoms with Gasteiger partial charge in [-0.25, -0.2) is 36.1 Å². The van der Waals surface area contributed by atoms with E-state index in [2.05, 4.69) is 20.3 Å². The quantitative estimate of drug-likeness (QED) is 0.163. The van der Waals surface area contributed by atoms with Crippen LogP contribution < -0.4 is 5.32 Å². The molecule has 0 radical (unpaired) electrons. The van der Waals surface area contributed by atoms with Crippen LogP contribution in [-0.2, 0) is 14.6 Å². The van der Waals surface area contributed by atoms with Crippen molar-refractivity contribution in [2.24, 2.45) is 17.3 Å². The summed E-state index contributed by atoms with van der Waals surface area (Å²) in [5.41, 5.74) is 0.614. The predicted molar refractivity (Wildman–Crippen MR) is 170 cm³/mol. The minimum atomic E-state index is -4.70. The van der Waals surface area contributed by atoms with Crippen LogP contribution in [0.15, 0.2) is 64.7 Å². The maximum Gasteiger partial charge on any atom is 0.352 e. The average molecular weight is 662 g/mol. The highest BCUT2D eigenvalue weighted by molar-refractivity contribution is 7.90. The van der Waals surface area contributed by atoms with E-state index in [4.69, 9.17) is 0 Å². The standard InChI is InChI=1S/C31H38F2N5O5PS/c1-17(2)25(26(18(3)4)44(39,40)41)27(31(6,7)8)36-29-24(33)15-34-28(37-29)23-16-38(30-22(23)13-20(32)14-35-30)45(42,43)21-11-9-19(5)10-12-21/h9-18,27H,1-8H3,(H,34,36,37)(H2,39,40,41)/t27-/m0/s1. The monoisotopic (exact) mass is 661 g/mol. The van der Waals surface area contributed by atoms with E-state index < -0.39 is 46.6 Å². The van der Waals surface area contributed by atoms with Crippen molar-refractivity contribution in [1.82, 2.24) is 18.9 Å². The fourth-order valence-corrected chi connectivity index (χ4v) is 8.07. The van der Waals surface area contributed by atoms with Crippen molar-refractivity contribution in [2.75, 3.05) is 5.32 Å². The zero-order valence-electron chi connectivity index (χ0n) is 26.4. The molecule has 242 valence electrons. The van der Waals surface area contributed by atoms with Crippen LogP contribution in [0.2, 0.25) is 0 Å². The van der Waals surface area contributed by atoms with E-state index in [1.807, 2.05) is 27.7 Å². The van der Waals surface area contributed by atoms with Crippen molar-refractivity contribution in [3.63, 3.8) is 0 Å². The van der Waals surface area contributed by atoms with Crippen LogP contribution >= 0.6 is 7.60 Å². The first-order valence-electron chi connectivity index (χ1n) is 14.3. The SMILES string of the molecule is Cc1ccc(S(=O)(=O)n2cc(-c3ncc(F)c(N[C@@H](C(=C(C(C)C)P(=O)(O)O)C(C)C)C(C)(C)C)n3)c3cc(F)cnc32)cc1. The van der Waals surface area contributed by atoms with Gasteiger partial charge in [-0.3, -0.25) is 4.57 Å². The van der Waals surface area contributed by atoms with Gasteiger partial charge in [0.25, 0.3) is 10.0 Å². The highest BCUT2D eigenvalue weighted by atomic mass is 32.2. The number of anilines is 1. The Morgan fingerprint density at radius 3 is 2.16 bits per heavy atom. The summed E-state index contributed by atoms with van der Waals surface area (Å²) in [6, 6.07) is 6.51. The number of aryl methyl sites for hydroxylation is 1. The van der Waals surface area contributed by atoms with E-state index >= 15 is 4.39 Å². The molecule has 14 heteroatoms. The summed E-state index contributed by atoms with van der Waals surface area (Å²) >= 11 is 0. The number of rotatable bonds is 9. The summed E-state index contributed by atoms with van der Waals surface area (Å²) < 4.78 is 70.7. The molecule has 0 bridgehead atoms. The van der Waals surface area contributed by atoms with Gasteiger partial charge < -0.3 is 15.1 Å². The smallest absolute Gasteiger partial charge is 0.352 e. The summed E-state index contributed by atoms with van der Waals surface area (Å²) in [7, 11) is -8.89. The number of allylic oxidation sites excluding steroid dienone is 1. The number of hydrogen-bond donors (Lipinski definition) is 3. The molecule has 0 amide bonds. The van der Waals surface area contributed by atoms with Crippen LogP contribution in [0.4, 0.5) is 14.6 Å². The Morgan fingerprint density at radius 2 is 1.62 bits per heavy atom. The maximum absolute atomic E-state index is 15.4. The number of halogens is 2. The zero-order valence-corrected chi connectivity index (χ0v) is 28.1. The van der Waals surface area contributed by atoms with E-state index in [-0.39, 0.29) is 44.4 Å². The summed E-state index contributed by atoms with van der Waals surface area (Å²) in [6.45, 7) is 14.4. The first-order valence-corrected chi connectivity index (χ1v) is 17.4. The molecule has 4 rings (SSSR count). The predicted octanol–water partition coefficient (Wildman–Crippen LogP) is 6.89. The second kappa shape index (κ2) is 12.4. The molecule has 1 aromatic carbocycles. The van der Waals surface area contributed by atoms with Gasteiger partial charge >= 0.3 is 7.60 Å². The Morgan fingerprint density at radius 1 is 1.00 bits per heavy atom. The third-order valence-electron chi connectivity index (χ3n) is 7.38. The molecule has 3 N–H and O–H groups in total. The van der Waals surface area contributed by atoms with Crippen molar-refractivity contribution >= 4 is 34.5 Å². The van der Waals surface area contributed by atoms with Crippen molar-refractivity contribution < 1.29 is 31.6 Å². The van der Waals surface area contributed by atoms with Crippen LogP contribution in [0.5, 0.6) is 0 Å². The molecular weight excluding hydrogens is 623 g/mol. The summed E-state index contributed by atoms with van der Waals surface area (Å²) in [5.74, 6) is -2.82. The topological polar surface area (TPSA) is 147 Å². The zero-order chi connectivity index (χ0) is 33.6. The number of pyridine rings is 1. The van der Waals surface area contributed by atoms with Crippen LogP contribution in [0, 0.1) is 35.8 Å². The van der Waals surface area contributed by atoms with Crippen molar-refractivity contribution in [3.05, 3.63) is 77.0 Å². The van der Waals surface area contributed by atoms with E-state index in [1.165, 1.54) is 18.3 Å². The normalized spacial score (nSPS) is 14.3. The highest BCUT2D eigenvalue weighted by Gasteiger charge is 2.38. The molecule has 0 spiro atoms. The minimum absolute atomic E-state index is 0.0166. The van der Waals surface area contributed by atoms with Gasteiger partial charge in [0.05, 0.1) is 23.3 Å². The minimum Gasteiger partial charge on any atom is -0.360 e. The van der Waals surface area contributed by atoms with Crippen LogP contribution in [0.1, 0.15) is 54.0 Å². The molecule has 0 aliphatic heterocycles. The Bertz CT molecular complexity index is 1930. The fourth-order valence-electron chi connectivity index (χ4n) is 5.35. The molecule has 1 atom stereocenters. The lowest BCUT2D eigenvalue weighted by Gasteiger charge is -2.38. The maximum atomic E-state index is 15.4. The van der Waals surface area contributed by atoms with Crippen molar-refractivity contribution in [1.29, 1.82) is 0 Å². The number of aromatic nitrogens is 4. The van der Waals surface area contributed by atoms with Gasteiger partial charge in [-0.05, 0) is 47.9 Å². The highest BCUT2D eigenvalue weighted by Crippen LogP contribution is 2.53. The van der Waals surface area contributed by atoms with E-state index in [1.54, 1.807) is 39.8 Å². The molecular formula is C31H38F2N5O5PS. The van der Waals surface area contributed by atoms with Crippen LogP contribution in [0.3, 0.4) is 0 Å². The summed E-state index contributed by atoms with van der Waals surface area (Å²) in [5, 5.41) is 3.12. The fraction of sp³-hybridized carbons (Fsp3) is 0.387. The van der Waals surface area contributed by atoms with Gasteiger partial charge in [0.15, 0.2) is 23.1 Å². The molecule has 0 saturated heterocycles. The summed E-state index contributed by atoms with van der Waals surface area (Å²) in [6.07, 6.45) is 3.02. The Labute approximate surface area is 261 Å². The average Bonchev–Trinajstić information content (AvgIpc) is 3.29. The number of hydrogen-bond acceptors (Lipinski definition) is 7.